The third-order valence-electron chi connectivity index (χ3n) is 3.11. The molecule has 0 spiro atoms. The number of aryl methyl sites for hydroxylation is 3. The molecule has 3 aromatic heterocycles. The minimum atomic E-state index is -0.339. The summed E-state index contributed by atoms with van der Waals surface area (Å²) < 4.78 is 1.49. The number of carbonyl (C=O) groups is 1. The molecule has 2 amide bonds. The average Bonchev–Trinajstić information content (AvgIpc) is 3.13. The van der Waals surface area contributed by atoms with E-state index >= 15 is 0 Å². The smallest absolute Gasteiger partial charge is 0.320 e. The van der Waals surface area contributed by atoms with E-state index in [2.05, 4.69) is 30.7 Å². The Hall–Kier alpha value is -2.81. The highest BCUT2D eigenvalue weighted by atomic mass is 32.1. The molecule has 0 radical (unpaired) electrons. The molecular formula is C15H17N7OS. The molecule has 3 aromatic rings. The predicted molar refractivity (Wildman–Crippen MR) is 91.3 cm³/mol. The zero-order valence-corrected chi connectivity index (χ0v) is 14.4. The summed E-state index contributed by atoms with van der Waals surface area (Å²) in [5, 5.41) is 12.5. The number of thiazole rings is 1. The van der Waals surface area contributed by atoms with Crippen LogP contribution >= 0.6 is 11.3 Å². The number of nitrogens with one attached hydrogen (secondary N) is 2. The lowest BCUT2D eigenvalue weighted by atomic mass is 10.4. The van der Waals surface area contributed by atoms with Gasteiger partial charge in [0, 0.05) is 28.5 Å². The molecule has 3 heterocycles. The molecule has 0 aliphatic carbocycles. The number of rotatable bonds is 4. The second-order valence-electron chi connectivity index (χ2n) is 5.27. The minimum absolute atomic E-state index is 0.339. The molecule has 0 atom stereocenters. The normalized spacial score (nSPS) is 10.6. The molecule has 124 valence electrons. The van der Waals surface area contributed by atoms with Crippen LogP contribution in [0.5, 0.6) is 0 Å². The second-order valence-corrected chi connectivity index (χ2v) is 6.21. The first kappa shape index (κ1) is 16.1. The van der Waals surface area contributed by atoms with Gasteiger partial charge >= 0.3 is 6.03 Å². The molecule has 0 unspecified atom stereocenters. The van der Waals surface area contributed by atoms with E-state index in [-0.39, 0.29) is 6.03 Å². The van der Waals surface area contributed by atoms with Gasteiger partial charge < -0.3 is 5.32 Å². The van der Waals surface area contributed by atoms with Crippen molar-refractivity contribution in [3.8, 4) is 5.95 Å². The van der Waals surface area contributed by atoms with Crippen LogP contribution in [0.4, 0.5) is 10.6 Å². The van der Waals surface area contributed by atoms with Gasteiger partial charge in [0.25, 0.3) is 5.95 Å². The minimum Gasteiger partial charge on any atom is -0.331 e. The van der Waals surface area contributed by atoms with Gasteiger partial charge in [-0.2, -0.15) is 9.78 Å². The van der Waals surface area contributed by atoms with E-state index in [0.29, 0.717) is 18.3 Å². The zero-order chi connectivity index (χ0) is 17.1. The van der Waals surface area contributed by atoms with Crippen molar-refractivity contribution < 1.29 is 4.79 Å². The molecule has 0 aliphatic heterocycles. The maximum Gasteiger partial charge on any atom is 0.320 e. The highest BCUT2D eigenvalue weighted by Crippen LogP contribution is 2.13. The Morgan fingerprint density at radius 2 is 1.92 bits per heavy atom. The van der Waals surface area contributed by atoms with E-state index < -0.39 is 0 Å². The maximum atomic E-state index is 12.1. The first-order valence-corrected chi connectivity index (χ1v) is 8.22. The Bertz CT molecular complexity index is 850. The number of hydrogen-bond donors (Lipinski definition) is 2. The Morgan fingerprint density at radius 3 is 2.58 bits per heavy atom. The zero-order valence-electron chi connectivity index (χ0n) is 13.6. The van der Waals surface area contributed by atoms with Crippen LogP contribution in [0.2, 0.25) is 0 Å². The van der Waals surface area contributed by atoms with Gasteiger partial charge in [0.05, 0.1) is 12.7 Å². The molecule has 8 nitrogen and oxygen atoms in total. The standard InChI is InChI=1S/C15H17N7OS/c1-9-6-10(2)20-14(19-9)22-12(4-5-17-22)21-15(23)16-7-13-18-11(3)8-24-13/h4-6,8H,7H2,1-3H3,(H2,16,21,23). The van der Waals surface area contributed by atoms with Crippen LogP contribution in [0.3, 0.4) is 0 Å². The van der Waals surface area contributed by atoms with Gasteiger partial charge in [0.1, 0.15) is 10.8 Å². The number of nitrogens with zero attached hydrogens (tertiary/aromatic N) is 5. The molecule has 0 saturated heterocycles. The molecule has 0 aromatic carbocycles. The molecule has 0 saturated carbocycles. The first-order chi connectivity index (χ1) is 11.5. The fourth-order valence-electron chi connectivity index (χ4n) is 2.16. The van der Waals surface area contributed by atoms with Crippen LogP contribution in [0.25, 0.3) is 5.95 Å². The largest absolute Gasteiger partial charge is 0.331 e. The lowest BCUT2D eigenvalue weighted by Gasteiger charge is -2.09. The summed E-state index contributed by atoms with van der Waals surface area (Å²) in [5.41, 5.74) is 2.62. The number of amides is 2. The van der Waals surface area contributed by atoms with Crippen molar-refractivity contribution in [1.29, 1.82) is 0 Å². The van der Waals surface area contributed by atoms with E-state index in [1.165, 1.54) is 16.0 Å². The highest BCUT2D eigenvalue weighted by Gasteiger charge is 2.12. The number of aromatic nitrogens is 5. The first-order valence-electron chi connectivity index (χ1n) is 7.34. The van der Waals surface area contributed by atoms with Gasteiger partial charge in [-0.05, 0) is 26.8 Å². The monoisotopic (exact) mass is 343 g/mol. The van der Waals surface area contributed by atoms with Crippen molar-refractivity contribution in [3.63, 3.8) is 0 Å². The molecule has 9 heteroatoms. The van der Waals surface area contributed by atoms with Crippen molar-refractivity contribution in [2.45, 2.75) is 27.3 Å². The van der Waals surface area contributed by atoms with Crippen molar-refractivity contribution in [1.82, 2.24) is 30.0 Å². The number of urea groups is 1. The number of carbonyl (C=O) groups excluding carboxylic acids is 1. The van der Waals surface area contributed by atoms with Gasteiger partial charge in [-0.3, -0.25) is 5.32 Å². The van der Waals surface area contributed by atoms with E-state index in [1.54, 1.807) is 12.3 Å². The quantitative estimate of drug-likeness (QED) is 0.758. The molecule has 0 fully saturated rings. The Balaban J connectivity index is 1.69. The molecule has 0 aliphatic rings. The fourth-order valence-corrected chi connectivity index (χ4v) is 2.87. The molecule has 2 N–H and O–H groups in total. The third kappa shape index (κ3) is 3.74. The molecule has 3 rings (SSSR count). The Morgan fingerprint density at radius 1 is 1.17 bits per heavy atom. The van der Waals surface area contributed by atoms with Crippen LogP contribution in [0.1, 0.15) is 22.1 Å². The summed E-state index contributed by atoms with van der Waals surface area (Å²) in [4.78, 5) is 25.1. The van der Waals surface area contributed by atoms with Crippen LogP contribution < -0.4 is 10.6 Å². The van der Waals surface area contributed by atoms with Crippen LogP contribution in [-0.2, 0) is 6.54 Å². The fraction of sp³-hybridized carbons (Fsp3) is 0.267. The van der Waals surface area contributed by atoms with Gasteiger partial charge in [0.2, 0.25) is 0 Å². The SMILES string of the molecule is Cc1cc(C)nc(-n2nccc2NC(=O)NCc2nc(C)cs2)n1. The average molecular weight is 343 g/mol. The summed E-state index contributed by atoms with van der Waals surface area (Å²) in [6, 6.07) is 3.23. The number of anilines is 1. The second kappa shape index (κ2) is 6.75. The summed E-state index contributed by atoms with van der Waals surface area (Å²) in [6.07, 6.45) is 1.58. The van der Waals surface area contributed by atoms with E-state index in [0.717, 1.165) is 22.1 Å². The molecule has 24 heavy (non-hydrogen) atoms. The van der Waals surface area contributed by atoms with Crippen molar-refractivity contribution in [3.05, 3.63) is 45.8 Å². The van der Waals surface area contributed by atoms with Crippen LogP contribution in [-0.4, -0.2) is 30.8 Å². The van der Waals surface area contributed by atoms with Gasteiger partial charge in [0.15, 0.2) is 0 Å². The Kier molecular flexibility index (Phi) is 4.52. The van der Waals surface area contributed by atoms with Crippen molar-refractivity contribution >= 4 is 23.2 Å². The van der Waals surface area contributed by atoms with Gasteiger partial charge in [-0.1, -0.05) is 0 Å². The molecule has 0 bridgehead atoms. The van der Waals surface area contributed by atoms with E-state index in [9.17, 15) is 4.79 Å². The summed E-state index contributed by atoms with van der Waals surface area (Å²) >= 11 is 1.51. The maximum absolute atomic E-state index is 12.1. The topological polar surface area (TPSA) is 97.6 Å². The lowest BCUT2D eigenvalue weighted by Crippen LogP contribution is -2.29. The van der Waals surface area contributed by atoms with Gasteiger partial charge in [-0.25, -0.2) is 19.7 Å². The van der Waals surface area contributed by atoms with E-state index in [1.807, 2.05) is 32.2 Å². The third-order valence-corrected chi connectivity index (χ3v) is 4.08. The summed E-state index contributed by atoms with van der Waals surface area (Å²) in [6.45, 7) is 6.07. The van der Waals surface area contributed by atoms with Crippen molar-refractivity contribution in [2.24, 2.45) is 0 Å². The lowest BCUT2D eigenvalue weighted by molar-refractivity contribution is 0.251. The van der Waals surface area contributed by atoms with E-state index in [4.69, 9.17) is 0 Å². The van der Waals surface area contributed by atoms with Gasteiger partial charge in [-0.15, -0.1) is 11.3 Å². The Labute approximate surface area is 143 Å². The summed E-state index contributed by atoms with van der Waals surface area (Å²) in [7, 11) is 0. The number of hydrogen-bond acceptors (Lipinski definition) is 6. The molecular weight excluding hydrogens is 326 g/mol. The van der Waals surface area contributed by atoms with Crippen LogP contribution in [0.15, 0.2) is 23.7 Å². The van der Waals surface area contributed by atoms with Crippen LogP contribution in [0, 0.1) is 20.8 Å². The van der Waals surface area contributed by atoms with Crippen molar-refractivity contribution in [2.75, 3.05) is 5.32 Å². The summed E-state index contributed by atoms with van der Waals surface area (Å²) in [5.74, 6) is 0.913. The predicted octanol–water partition coefficient (Wildman–Crippen LogP) is 2.37. The highest BCUT2D eigenvalue weighted by molar-refractivity contribution is 7.09.